The number of aromatic amines is 1. The van der Waals surface area contributed by atoms with Crippen molar-refractivity contribution in [3.8, 4) is 5.88 Å². The first kappa shape index (κ1) is 12.5. The van der Waals surface area contributed by atoms with E-state index in [2.05, 4.69) is 33.5 Å². The highest BCUT2D eigenvalue weighted by atomic mass is 16.5. The molecule has 1 aromatic carbocycles. The van der Waals surface area contributed by atoms with Gasteiger partial charge in [-0.05, 0) is 24.6 Å². The normalized spacial score (nSPS) is 10.7. The maximum Gasteiger partial charge on any atom is 0.213 e. The highest BCUT2D eigenvalue weighted by molar-refractivity contribution is 5.83. The van der Waals surface area contributed by atoms with E-state index < -0.39 is 0 Å². The molecule has 3 aromatic rings. The Labute approximate surface area is 117 Å². The van der Waals surface area contributed by atoms with Crippen molar-refractivity contribution in [3.63, 3.8) is 0 Å². The SMILES string of the molecule is CCOc1ccc(NCc2c[nH]c3ccccc23)cn1. The van der Waals surface area contributed by atoms with Crippen LogP contribution in [0.3, 0.4) is 0 Å². The summed E-state index contributed by atoms with van der Waals surface area (Å²) in [6.45, 7) is 3.35. The third-order valence-corrected chi connectivity index (χ3v) is 3.19. The van der Waals surface area contributed by atoms with Gasteiger partial charge in [-0.2, -0.15) is 0 Å². The minimum Gasteiger partial charge on any atom is -0.478 e. The predicted molar refractivity (Wildman–Crippen MR) is 81.0 cm³/mol. The number of rotatable bonds is 5. The molecule has 0 atom stereocenters. The molecule has 0 bridgehead atoms. The van der Waals surface area contributed by atoms with Crippen LogP contribution in [0, 0.1) is 0 Å². The fourth-order valence-electron chi connectivity index (χ4n) is 2.19. The summed E-state index contributed by atoms with van der Waals surface area (Å²) in [6.07, 6.45) is 3.83. The number of H-pyrrole nitrogens is 1. The van der Waals surface area contributed by atoms with Crippen LogP contribution in [-0.2, 0) is 6.54 Å². The van der Waals surface area contributed by atoms with Crippen LogP contribution in [0.4, 0.5) is 5.69 Å². The molecule has 0 aliphatic rings. The van der Waals surface area contributed by atoms with Crippen molar-refractivity contribution >= 4 is 16.6 Å². The number of ether oxygens (including phenoxy) is 1. The Morgan fingerprint density at radius 3 is 2.90 bits per heavy atom. The Balaban J connectivity index is 1.69. The molecule has 20 heavy (non-hydrogen) atoms. The van der Waals surface area contributed by atoms with E-state index >= 15 is 0 Å². The molecule has 102 valence electrons. The van der Waals surface area contributed by atoms with Gasteiger partial charge in [0.2, 0.25) is 5.88 Å². The summed E-state index contributed by atoms with van der Waals surface area (Å²) in [7, 11) is 0. The number of aromatic nitrogens is 2. The van der Waals surface area contributed by atoms with Gasteiger partial charge in [-0.1, -0.05) is 18.2 Å². The van der Waals surface area contributed by atoms with Gasteiger partial charge in [0, 0.05) is 29.7 Å². The van der Waals surface area contributed by atoms with E-state index in [-0.39, 0.29) is 0 Å². The van der Waals surface area contributed by atoms with Crippen molar-refractivity contribution in [2.45, 2.75) is 13.5 Å². The number of fused-ring (bicyclic) bond motifs is 1. The zero-order valence-corrected chi connectivity index (χ0v) is 11.4. The topological polar surface area (TPSA) is 49.9 Å². The third kappa shape index (κ3) is 2.59. The van der Waals surface area contributed by atoms with Crippen LogP contribution in [0.5, 0.6) is 5.88 Å². The second-order valence-electron chi connectivity index (χ2n) is 4.53. The van der Waals surface area contributed by atoms with Crippen molar-refractivity contribution in [1.82, 2.24) is 9.97 Å². The van der Waals surface area contributed by atoms with E-state index in [1.807, 2.05) is 31.3 Å². The van der Waals surface area contributed by atoms with Gasteiger partial charge in [0.05, 0.1) is 18.5 Å². The van der Waals surface area contributed by atoms with Gasteiger partial charge in [0.1, 0.15) is 0 Å². The molecule has 0 amide bonds. The summed E-state index contributed by atoms with van der Waals surface area (Å²) in [5.74, 6) is 0.658. The predicted octanol–water partition coefficient (Wildman–Crippen LogP) is 3.57. The lowest BCUT2D eigenvalue weighted by atomic mass is 10.2. The molecule has 0 saturated heterocycles. The lowest BCUT2D eigenvalue weighted by Gasteiger charge is -2.06. The number of hydrogen-bond donors (Lipinski definition) is 2. The number of pyridine rings is 1. The van der Waals surface area contributed by atoms with Gasteiger partial charge >= 0.3 is 0 Å². The quantitative estimate of drug-likeness (QED) is 0.743. The molecule has 2 N–H and O–H groups in total. The first-order valence-electron chi connectivity index (χ1n) is 6.74. The van der Waals surface area contributed by atoms with Crippen LogP contribution < -0.4 is 10.1 Å². The minimum atomic E-state index is 0.634. The van der Waals surface area contributed by atoms with Crippen LogP contribution in [0.25, 0.3) is 10.9 Å². The standard InChI is InChI=1S/C16H17N3O/c1-2-20-16-8-7-13(11-19-16)17-9-12-10-18-15-6-4-3-5-14(12)15/h3-8,10-11,17-18H,2,9H2,1H3. The van der Waals surface area contributed by atoms with E-state index in [0.29, 0.717) is 12.5 Å². The van der Waals surface area contributed by atoms with Gasteiger partial charge in [-0.15, -0.1) is 0 Å². The van der Waals surface area contributed by atoms with E-state index in [1.165, 1.54) is 10.9 Å². The highest BCUT2D eigenvalue weighted by Gasteiger charge is 2.02. The van der Waals surface area contributed by atoms with Crippen molar-refractivity contribution in [1.29, 1.82) is 0 Å². The first-order valence-corrected chi connectivity index (χ1v) is 6.74. The van der Waals surface area contributed by atoms with Crippen LogP contribution >= 0.6 is 0 Å². The number of nitrogens with one attached hydrogen (secondary N) is 2. The zero-order valence-electron chi connectivity index (χ0n) is 11.4. The van der Waals surface area contributed by atoms with E-state index in [1.54, 1.807) is 6.20 Å². The third-order valence-electron chi connectivity index (χ3n) is 3.19. The Kier molecular flexibility index (Phi) is 3.54. The summed E-state index contributed by atoms with van der Waals surface area (Å²) < 4.78 is 5.32. The maximum atomic E-state index is 5.32. The molecule has 0 aliphatic heterocycles. The van der Waals surface area contributed by atoms with Gasteiger partial charge in [-0.25, -0.2) is 4.98 Å². The highest BCUT2D eigenvalue weighted by Crippen LogP contribution is 2.19. The molecule has 2 aromatic heterocycles. The molecule has 0 unspecified atom stereocenters. The van der Waals surface area contributed by atoms with Crippen molar-refractivity contribution in [2.24, 2.45) is 0 Å². The first-order chi connectivity index (χ1) is 9.86. The molecule has 0 aliphatic carbocycles. The summed E-state index contributed by atoms with van der Waals surface area (Å²) in [6, 6.07) is 12.1. The van der Waals surface area contributed by atoms with Crippen LogP contribution in [0.1, 0.15) is 12.5 Å². The monoisotopic (exact) mass is 267 g/mol. The average Bonchev–Trinajstić information content (AvgIpc) is 2.90. The van der Waals surface area contributed by atoms with Gasteiger partial charge in [0.15, 0.2) is 0 Å². The lowest BCUT2D eigenvalue weighted by molar-refractivity contribution is 0.327. The molecule has 0 fully saturated rings. The molecular weight excluding hydrogens is 250 g/mol. The zero-order chi connectivity index (χ0) is 13.8. The number of hydrogen-bond acceptors (Lipinski definition) is 3. The lowest BCUT2D eigenvalue weighted by Crippen LogP contribution is -2.00. The van der Waals surface area contributed by atoms with Crippen molar-refractivity contribution in [2.75, 3.05) is 11.9 Å². The average molecular weight is 267 g/mol. The summed E-state index contributed by atoms with van der Waals surface area (Å²) in [4.78, 5) is 7.51. The number of nitrogens with zero attached hydrogens (tertiary/aromatic N) is 1. The largest absolute Gasteiger partial charge is 0.478 e. The van der Waals surface area contributed by atoms with Gasteiger partial charge in [-0.3, -0.25) is 0 Å². The fraction of sp³-hybridized carbons (Fsp3) is 0.188. The molecule has 4 nitrogen and oxygen atoms in total. The Morgan fingerprint density at radius 2 is 2.10 bits per heavy atom. The second-order valence-corrected chi connectivity index (χ2v) is 4.53. The number of anilines is 1. The molecule has 0 saturated carbocycles. The van der Waals surface area contributed by atoms with Crippen LogP contribution in [0.15, 0.2) is 48.8 Å². The smallest absolute Gasteiger partial charge is 0.213 e. The number of benzene rings is 1. The molecule has 3 rings (SSSR count). The second kappa shape index (κ2) is 5.65. The molecule has 0 spiro atoms. The molecule has 0 radical (unpaired) electrons. The maximum absolute atomic E-state index is 5.32. The van der Waals surface area contributed by atoms with E-state index in [0.717, 1.165) is 17.7 Å². The summed E-state index contributed by atoms with van der Waals surface area (Å²) in [5.41, 5.74) is 3.39. The van der Waals surface area contributed by atoms with Crippen molar-refractivity contribution < 1.29 is 4.74 Å². The Hall–Kier alpha value is -2.49. The van der Waals surface area contributed by atoms with Crippen molar-refractivity contribution in [3.05, 3.63) is 54.4 Å². The molecular formula is C16H17N3O. The van der Waals surface area contributed by atoms with Crippen LogP contribution in [-0.4, -0.2) is 16.6 Å². The van der Waals surface area contributed by atoms with E-state index in [9.17, 15) is 0 Å². The molecule has 4 heteroatoms. The summed E-state index contributed by atoms with van der Waals surface area (Å²) in [5, 5.41) is 4.62. The van der Waals surface area contributed by atoms with Gasteiger partial charge < -0.3 is 15.0 Å². The molecule has 2 heterocycles. The Morgan fingerprint density at radius 1 is 1.20 bits per heavy atom. The van der Waals surface area contributed by atoms with Crippen LogP contribution in [0.2, 0.25) is 0 Å². The summed E-state index contributed by atoms with van der Waals surface area (Å²) >= 11 is 0. The Bertz CT molecular complexity index is 688. The van der Waals surface area contributed by atoms with Gasteiger partial charge in [0.25, 0.3) is 0 Å². The fourth-order valence-corrected chi connectivity index (χ4v) is 2.19. The van der Waals surface area contributed by atoms with E-state index in [4.69, 9.17) is 4.74 Å². The number of para-hydroxylation sites is 1. The minimum absolute atomic E-state index is 0.634.